The molecule has 142 valence electrons. The van der Waals surface area contributed by atoms with E-state index in [1.54, 1.807) is 16.7 Å². The van der Waals surface area contributed by atoms with E-state index in [1.165, 1.54) is 0 Å². The van der Waals surface area contributed by atoms with Crippen LogP contribution in [0.3, 0.4) is 0 Å². The molecular formula is C18H32N2O2S2Si. The van der Waals surface area contributed by atoms with Crippen molar-refractivity contribution in [1.82, 2.24) is 10.2 Å². The molecule has 4 atom stereocenters. The number of nitrogens with one attached hydrogen (secondary N) is 1. The van der Waals surface area contributed by atoms with E-state index in [-0.39, 0.29) is 34.9 Å². The van der Waals surface area contributed by atoms with Gasteiger partial charge in [0.15, 0.2) is 0 Å². The van der Waals surface area contributed by atoms with E-state index in [0.717, 1.165) is 12.2 Å². The van der Waals surface area contributed by atoms with Crippen LogP contribution in [0.4, 0.5) is 0 Å². The fraction of sp³-hybridized carbons (Fsp3) is 0.833. The maximum absolute atomic E-state index is 12.8. The normalized spacial score (nSPS) is 28.6. The molecule has 0 aromatic heterocycles. The maximum atomic E-state index is 12.8. The summed E-state index contributed by atoms with van der Waals surface area (Å²) in [7, 11) is -1.66. The largest absolute Gasteiger partial charge is 0.352 e. The van der Waals surface area contributed by atoms with Crippen molar-refractivity contribution in [2.24, 2.45) is 5.92 Å². The molecule has 0 aromatic rings. The first-order valence-electron chi connectivity index (χ1n) is 9.21. The van der Waals surface area contributed by atoms with Crippen molar-refractivity contribution in [3.63, 3.8) is 0 Å². The highest BCUT2D eigenvalue weighted by atomic mass is 32.2. The van der Waals surface area contributed by atoms with Crippen molar-refractivity contribution < 1.29 is 9.59 Å². The molecule has 2 amide bonds. The summed E-state index contributed by atoms with van der Waals surface area (Å²) in [5.41, 5.74) is 0.334. The van der Waals surface area contributed by atoms with Gasteiger partial charge in [0.05, 0.1) is 14.0 Å². The molecule has 0 saturated carbocycles. The van der Waals surface area contributed by atoms with Gasteiger partial charge in [0, 0.05) is 24.3 Å². The highest BCUT2D eigenvalue weighted by Crippen LogP contribution is 2.49. The fourth-order valence-corrected chi connectivity index (χ4v) is 7.91. The average Bonchev–Trinajstić information content (AvgIpc) is 2.86. The summed E-state index contributed by atoms with van der Waals surface area (Å²) in [6.07, 6.45) is 1.28. The number of hydrogen-bond acceptors (Lipinski definition) is 4. The molecule has 0 aromatic carbocycles. The van der Waals surface area contributed by atoms with Crippen LogP contribution < -0.4 is 5.32 Å². The maximum Gasteiger partial charge on any atom is 0.230 e. The summed E-state index contributed by atoms with van der Waals surface area (Å²) < 4.78 is 0.691. The van der Waals surface area contributed by atoms with Crippen LogP contribution in [0.5, 0.6) is 0 Å². The van der Waals surface area contributed by atoms with Crippen molar-refractivity contribution in [1.29, 1.82) is 0 Å². The van der Waals surface area contributed by atoms with Gasteiger partial charge in [0.2, 0.25) is 11.8 Å². The lowest BCUT2D eigenvalue weighted by molar-refractivity contribution is -0.138. The SMILES string of the molecule is CC[C@H]1CSC(=S)N1C(=O)C[C@H]1NC(=O)[C@H]1[C@H](C)[Si](C)(C)C(C)(C)C. The Bertz CT molecular complexity index is 574. The number of hydrogen-bond donors (Lipinski definition) is 1. The minimum absolute atomic E-state index is 0.0463. The van der Waals surface area contributed by atoms with Crippen LogP contribution >= 0.6 is 24.0 Å². The van der Waals surface area contributed by atoms with Gasteiger partial charge in [-0.25, -0.2) is 0 Å². The molecule has 2 fully saturated rings. The Balaban J connectivity index is 2.09. The Hall–Kier alpha value is -0.403. The number of thiocarbonyl (C=S) groups is 1. The Kier molecular flexibility index (Phi) is 6.11. The number of thioether (sulfide) groups is 1. The average molecular weight is 401 g/mol. The van der Waals surface area contributed by atoms with Gasteiger partial charge in [-0.2, -0.15) is 0 Å². The monoisotopic (exact) mass is 400 g/mol. The van der Waals surface area contributed by atoms with Crippen LogP contribution in [-0.4, -0.2) is 46.9 Å². The fourth-order valence-electron chi connectivity index (χ4n) is 3.69. The van der Waals surface area contributed by atoms with Crippen molar-refractivity contribution in [3.05, 3.63) is 0 Å². The van der Waals surface area contributed by atoms with Crippen LogP contribution in [0.15, 0.2) is 0 Å². The summed E-state index contributed by atoms with van der Waals surface area (Å²) in [5, 5.41) is 3.20. The van der Waals surface area contributed by atoms with Crippen LogP contribution in [-0.2, 0) is 9.59 Å². The predicted octanol–water partition coefficient (Wildman–Crippen LogP) is 4.03. The number of amides is 2. The van der Waals surface area contributed by atoms with Crippen molar-refractivity contribution in [2.45, 2.75) is 83.2 Å². The second-order valence-corrected chi connectivity index (χ2v) is 16.5. The van der Waals surface area contributed by atoms with Crippen LogP contribution in [0.25, 0.3) is 0 Å². The lowest BCUT2D eigenvalue weighted by Crippen LogP contribution is -2.64. The van der Waals surface area contributed by atoms with Crippen LogP contribution in [0.1, 0.15) is 47.5 Å². The van der Waals surface area contributed by atoms with Crippen molar-refractivity contribution in [2.75, 3.05) is 5.75 Å². The van der Waals surface area contributed by atoms with Gasteiger partial charge in [0.1, 0.15) is 4.32 Å². The Morgan fingerprint density at radius 1 is 1.44 bits per heavy atom. The molecule has 7 heteroatoms. The molecule has 4 nitrogen and oxygen atoms in total. The minimum Gasteiger partial charge on any atom is -0.352 e. The van der Waals surface area contributed by atoms with E-state index in [1.807, 2.05) is 0 Å². The highest BCUT2D eigenvalue weighted by molar-refractivity contribution is 8.23. The smallest absolute Gasteiger partial charge is 0.230 e. The molecule has 0 unspecified atom stereocenters. The molecule has 2 rings (SSSR count). The summed E-state index contributed by atoms with van der Waals surface area (Å²) >= 11 is 6.96. The molecule has 1 N–H and O–H groups in total. The highest BCUT2D eigenvalue weighted by Gasteiger charge is 2.52. The Morgan fingerprint density at radius 3 is 2.52 bits per heavy atom. The third-order valence-corrected chi connectivity index (χ3v) is 14.8. The van der Waals surface area contributed by atoms with Crippen LogP contribution in [0, 0.1) is 5.92 Å². The molecule has 0 radical (unpaired) electrons. The number of β-lactam (4-membered cyclic amide) rings is 1. The third-order valence-electron chi connectivity index (χ3n) is 6.77. The lowest BCUT2D eigenvalue weighted by Gasteiger charge is -2.50. The first-order chi connectivity index (χ1) is 11.4. The van der Waals surface area contributed by atoms with Gasteiger partial charge in [-0.15, -0.1) is 0 Å². The summed E-state index contributed by atoms with van der Waals surface area (Å²) in [6, 6.07) is 0.159. The number of nitrogens with zero attached hydrogens (tertiary/aromatic N) is 1. The molecule has 2 aliphatic rings. The second kappa shape index (κ2) is 7.31. The van der Waals surface area contributed by atoms with E-state index in [9.17, 15) is 9.59 Å². The van der Waals surface area contributed by atoms with Gasteiger partial charge in [0.25, 0.3) is 0 Å². The van der Waals surface area contributed by atoms with Crippen molar-refractivity contribution in [3.8, 4) is 0 Å². The first kappa shape index (κ1) is 20.9. The molecule has 0 aliphatic carbocycles. The molecular weight excluding hydrogens is 368 g/mol. The zero-order chi connectivity index (χ0) is 19.2. The molecule has 25 heavy (non-hydrogen) atoms. The summed E-state index contributed by atoms with van der Waals surface area (Å²) in [5.74, 6) is 1.02. The van der Waals surface area contributed by atoms with Crippen molar-refractivity contribution >= 4 is 48.2 Å². The van der Waals surface area contributed by atoms with E-state index >= 15 is 0 Å². The van der Waals surface area contributed by atoms with E-state index in [4.69, 9.17) is 12.2 Å². The molecule has 2 heterocycles. The molecule has 0 bridgehead atoms. The zero-order valence-corrected chi connectivity index (χ0v) is 19.1. The predicted molar refractivity (Wildman–Crippen MR) is 113 cm³/mol. The van der Waals surface area contributed by atoms with E-state index in [0.29, 0.717) is 16.3 Å². The van der Waals surface area contributed by atoms with Gasteiger partial charge in [-0.05, 0) is 17.0 Å². The van der Waals surface area contributed by atoms with Gasteiger partial charge >= 0.3 is 0 Å². The topological polar surface area (TPSA) is 49.4 Å². The van der Waals surface area contributed by atoms with Crippen LogP contribution in [0.2, 0.25) is 23.7 Å². The van der Waals surface area contributed by atoms with E-state index < -0.39 is 8.07 Å². The number of carbonyl (C=O) groups is 2. The Morgan fingerprint density at radius 2 is 2.04 bits per heavy atom. The lowest BCUT2D eigenvalue weighted by atomic mass is 9.85. The van der Waals surface area contributed by atoms with E-state index in [2.05, 4.69) is 53.0 Å². The zero-order valence-electron chi connectivity index (χ0n) is 16.5. The van der Waals surface area contributed by atoms with Gasteiger partial charge in [-0.1, -0.05) is 71.7 Å². The molecule has 0 spiro atoms. The Labute approximate surface area is 162 Å². The summed E-state index contributed by atoms with van der Waals surface area (Å²) in [4.78, 5) is 26.9. The van der Waals surface area contributed by atoms with Gasteiger partial charge in [-0.3, -0.25) is 14.5 Å². The standard InChI is InChI=1S/C18H32N2O2S2Si/c1-8-12-10-24-17(23)20(12)14(21)9-13-15(16(22)19-13)11(2)25(6,7)18(3,4)5/h11-13,15H,8-10H2,1-7H3,(H,19,22)/t11-,12-,13+,15-/m0/s1. The molecule has 2 aliphatic heterocycles. The number of carbonyl (C=O) groups excluding carboxylic acids is 2. The molecule has 2 saturated heterocycles. The summed E-state index contributed by atoms with van der Waals surface area (Å²) in [6.45, 7) is 15.9. The first-order valence-corrected chi connectivity index (χ1v) is 13.7. The quantitative estimate of drug-likeness (QED) is 0.430. The minimum atomic E-state index is -1.66. The van der Waals surface area contributed by atoms with Gasteiger partial charge < -0.3 is 5.32 Å². The third kappa shape index (κ3) is 3.83. The second-order valence-electron chi connectivity index (χ2n) is 9.01. The number of rotatable bonds is 5.